The highest BCUT2D eigenvalue weighted by Gasteiger charge is 2.34. The molecule has 0 saturated carbocycles. The minimum Gasteiger partial charge on any atom is -0.507 e. The monoisotopic (exact) mass is 346 g/mol. The lowest BCUT2D eigenvalue weighted by Crippen LogP contribution is -2.47. The Balaban J connectivity index is 0.00000200. The van der Waals surface area contributed by atoms with Crippen molar-refractivity contribution in [2.45, 2.75) is 19.4 Å². The summed E-state index contributed by atoms with van der Waals surface area (Å²) in [7, 11) is 0. The van der Waals surface area contributed by atoms with Crippen molar-refractivity contribution >= 4 is 24.8 Å². The molecule has 0 aliphatic carbocycles. The average Bonchev–Trinajstić information content (AvgIpc) is 2.39. The van der Waals surface area contributed by atoms with Crippen molar-refractivity contribution in [3.05, 3.63) is 29.1 Å². The third kappa shape index (κ3) is 4.39. The summed E-state index contributed by atoms with van der Waals surface area (Å²) in [5.41, 5.74) is 0.106. The molecule has 0 radical (unpaired) electrons. The summed E-state index contributed by atoms with van der Waals surface area (Å²) < 4.78 is 40.5. The Morgan fingerprint density at radius 2 is 1.76 bits per heavy atom. The lowest BCUT2D eigenvalue weighted by molar-refractivity contribution is 0.0151. The Labute approximate surface area is 134 Å². The number of halogens is 5. The van der Waals surface area contributed by atoms with Crippen LogP contribution in [0.5, 0.6) is 5.75 Å². The maximum Gasteiger partial charge on any atom is 0.258 e. The molecule has 0 unspecified atom stereocenters. The first kappa shape index (κ1) is 20.3. The fourth-order valence-electron chi connectivity index (χ4n) is 2.40. The number of hydrogen-bond donors (Lipinski definition) is 2. The maximum absolute atomic E-state index is 13.9. The molecule has 0 amide bonds. The fraction of sp³-hybridized carbons (Fsp3) is 0.538. The smallest absolute Gasteiger partial charge is 0.258 e. The molecular formula is C13H19Cl2F3N2O. The zero-order valence-corrected chi connectivity index (χ0v) is 13.1. The van der Waals surface area contributed by atoms with Gasteiger partial charge in [0.15, 0.2) is 0 Å². The minimum atomic E-state index is -2.75. The van der Waals surface area contributed by atoms with Crippen molar-refractivity contribution in [1.82, 2.24) is 10.2 Å². The summed E-state index contributed by atoms with van der Waals surface area (Å²) in [6.45, 7) is 3.54. The van der Waals surface area contributed by atoms with Gasteiger partial charge in [-0.15, -0.1) is 24.8 Å². The summed E-state index contributed by atoms with van der Waals surface area (Å²) >= 11 is 0. The van der Waals surface area contributed by atoms with Crippen molar-refractivity contribution in [3.63, 3.8) is 0 Å². The SMILES string of the molecule is Cc1ccc(F)c([C@H](C(F)F)N2CCNCC2)c1O.Cl.Cl. The van der Waals surface area contributed by atoms with Crippen molar-refractivity contribution in [2.24, 2.45) is 0 Å². The van der Waals surface area contributed by atoms with Crippen LogP contribution in [0.3, 0.4) is 0 Å². The molecule has 122 valence electrons. The van der Waals surface area contributed by atoms with Gasteiger partial charge in [0.25, 0.3) is 6.43 Å². The van der Waals surface area contributed by atoms with Crippen LogP contribution in [0.25, 0.3) is 0 Å². The maximum atomic E-state index is 13.9. The first-order valence-electron chi connectivity index (χ1n) is 6.23. The topological polar surface area (TPSA) is 35.5 Å². The van der Waals surface area contributed by atoms with E-state index in [2.05, 4.69) is 5.32 Å². The van der Waals surface area contributed by atoms with Gasteiger partial charge in [-0.05, 0) is 18.6 Å². The van der Waals surface area contributed by atoms with E-state index in [0.29, 0.717) is 31.7 Å². The molecule has 1 aliphatic rings. The van der Waals surface area contributed by atoms with Gasteiger partial charge in [0.2, 0.25) is 0 Å². The average molecular weight is 347 g/mol. The molecule has 1 atom stereocenters. The van der Waals surface area contributed by atoms with Crippen LogP contribution in [-0.4, -0.2) is 42.6 Å². The van der Waals surface area contributed by atoms with E-state index < -0.39 is 18.3 Å². The van der Waals surface area contributed by atoms with E-state index >= 15 is 0 Å². The summed E-state index contributed by atoms with van der Waals surface area (Å²) in [6.07, 6.45) is -2.75. The van der Waals surface area contributed by atoms with Gasteiger partial charge in [0, 0.05) is 26.2 Å². The third-order valence-corrected chi connectivity index (χ3v) is 3.45. The first-order chi connectivity index (χ1) is 9.02. The predicted octanol–water partition coefficient (Wildman–Crippen LogP) is 2.89. The molecule has 0 bridgehead atoms. The van der Waals surface area contributed by atoms with Crippen LogP contribution in [-0.2, 0) is 0 Å². The van der Waals surface area contributed by atoms with E-state index in [1.54, 1.807) is 6.92 Å². The Hall–Kier alpha value is -0.690. The number of piperazine rings is 1. The number of alkyl halides is 2. The molecule has 1 aromatic carbocycles. The molecule has 0 spiro atoms. The highest BCUT2D eigenvalue weighted by atomic mass is 35.5. The Bertz CT molecular complexity index is 457. The molecule has 1 heterocycles. The van der Waals surface area contributed by atoms with Crippen LogP contribution < -0.4 is 5.32 Å². The van der Waals surface area contributed by atoms with Crippen molar-refractivity contribution < 1.29 is 18.3 Å². The molecule has 0 aromatic heterocycles. The number of nitrogens with zero attached hydrogens (tertiary/aromatic N) is 1. The van der Waals surface area contributed by atoms with Gasteiger partial charge >= 0.3 is 0 Å². The van der Waals surface area contributed by atoms with Gasteiger partial charge in [0.05, 0.1) is 5.56 Å². The van der Waals surface area contributed by atoms with Crippen molar-refractivity contribution in [1.29, 1.82) is 0 Å². The number of nitrogens with one attached hydrogen (secondary N) is 1. The second kappa shape index (κ2) is 8.68. The molecule has 3 nitrogen and oxygen atoms in total. The Morgan fingerprint density at radius 3 is 2.29 bits per heavy atom. The highest BCUT2D eigenvalue weighted by molar-refractivity contribution is 5.85. The van der Waals surface area contributed by atoms with Gasteiger partial charge in [-0.3, -0.25) is 4.90 Å². The van der Waals surface area contributed by atoms with Gasteiger partial charge in [-0.2, -0.15) is 0 Å². The van der Waals surface area contributed by atoms with Gasteiger partial charge in [-0.25, -0.2) is 13.2 Å². The van der Waals surface area contributed by atoms with Gasteiger partial charge < -0.3 is 10.4 Å². The second-order valence-corrected chi connectivity index (χ2v) is 4.69. The molecular weight excluding hydrogens is 328 g/mol. The van der Waals surface area contributed by atoms with E-state index in [-0.39, 0.29) is 36.1 Å². The summed E-state index contributed by atoms with van der Waals surface area (Å²) in [5, 5.41) is 13.0. The molecule has 1 saturated heterocycles. The lowest BCUT2D eigenvalue weighted by Gasteiger charge is -2.35. The summed E-state index contributed by atoms with van der Waals surface area (Å²) in [5.74, 6) is -1.16. The van der Waals surface area contributed by atoms with E-state index in [0.717, 1.165) is 6.07 Å². The standard InChI is InChI=1S/C13H17F3N2O.2ClH/c1-8-2-3-9(14)10(12(8)19)11(13(15)16)18-6-4-17-5-7-18;;/h2-3,11,13,17,19H,4-7H2,1H3;2*1H/t11-;;/m1../s1. The fourth-order valence-corrected chi connectivity index (χ4v) is 2.40. The number of phenols is 1. The molecule has 1 aliphatic heterocycles. The summed E-state index contributed by atoms with van der Waals surface area (Å²) in [4.78, 5) is 1.51. The molecule has 21 heavy (non-hydrogen) atoms. The number of phenolic OH excluding ortho intramolecular Hbond substituents is 1. The van der Waals surface area contributed by atoms with Crippen molar-refractivity contribution in [3.8, 4) is 5.75 Å². The molecule has 1 aromatic rings. The number of benzene rings is 1. The number of hydrogen-bond acceptors (Lipinski definition) is 3. The highest BCUT2D eigenvalue weighted by Crippen LogP contribution is 2.37. The quantitative estimate of drug-likeness (QED) is 0.883. The van der Waals surface area contributed by atoms with Gasteiger partial charge in [0.1, 0.15) is 17.6 Å². The van der Waals surface area contributed by atoms with E-state index in [1.807, 2.05) is 0 Å². The molecule has 8 heteroatoms. The third-order valence-electron chi connectivity index (χ3n) is 3.45. The summed E-state index contributed by atoms with van der Waals surface area (Å²) in [6, 6.07) is 1.11. The number of aromatic hydroxyl groups is 1. The zero-order valence-electron chi connectivity index (χ0n) is 11.5. The van der Waals surface area contributed by atoms with E-state index in [9.17, 15) is 18.3 Å². The lowest BCUT2D eigenvalue weighted by atomic mass is 10.00. The molecule has 2 rings (SSSR count). The van der Waals surface area contributed by atoms with Crippen LogP contribution >= 0.6 is 24.8 Å². The Morgan fingerprint density at radius 1 is 1.19 bits per heavy atom. The van der Waals surface area contributed by atoms with Crippen LogP contribution in [0.15, 0.2) is 12.1 Å². The normalized spacial score (nSPS) is 17.0. The predicted molar refractivity (Wildman–Crippen MR) is 80.5 cm³/mol. The van der Waals surface area contributed by atoms with Gasteiger partial charge in [-0.1, -0.05) is 6.07 Å². The number of aryl methyl sites for hydroxylation is 1. The molecule has 2 N–H and O–H groups in total. The van der Waals surface area contributed by atoms with Crippen LogP contribution in [0, 0.1) is 12.7 Å². The first-order valence-corrected chi connectivity index (χ1v) is 6.23. The molecule has 1 fully saturated rings. The van der Waals surface area contributed by atoms with Crippen LogP contribution in [0.1, 0.15) is 17.2 Å². The van der Waals surface area contributed by atoms with Crippen molar-refractivity contribution in [2.75, 3.05) is 26.2 Å². The zero-order chi connectivity index (χ0) is 14.0. The second-order valence-electron chi connectivity index (χ2n) is 4.69. The van der Waals surface area contributed by atoms with E-state index in [1.165, 1.54) is 11.0 Å². The van der Waals surface area contributed by atoms with E-state index in [4.69, 9.17) is 0 Å². The Kier molecular flexibility index (Phi) is 8.39. The van der Waals surface area contributed by atoms with Crippen LogP contribution in [0.2, 0.25) is 0 Å². The number of rotatable bonds is 3. The van der Waals surface area contributed by atoms with Crippen LogP contribution in [0.4, 0.5) is 13.2 Å². The minimum absolute atomic E-state index is 0. The largest absolute Gasteiger partial charge is 0.507 e.